The van der Waals surface area contributed by atoms with E-state index < -0.39 is 0 Å². The zero-order chi connectivity index (χ0) is 21.3. The van der Waals surface area contributed by atoms with E-state index in [1.807, 2.05) is 24.3 Å². The van der Waals surface area contributed by atoms with Crippen molar-refractivity contribution in [3.8, 4) is 0 Å². The molecule has 0 unspecified atom stereocenters. The third-order valence-corrected chi connectivity index (χ3v) is 5.74. The minimum absolute atomic E-state index is 0.0265. The van der Waals surface area contributed by atoms with Gasteiger partial charge in [-0.3, -0.25) is 4.79 Å². The third kappa shape index (κ3) is 6.33. The number of para-hydroxylation sites is 2. The lowest BCUT2D eigenvalue weighted by Crippen LogP contribution is -2.26. The molecule has 0 saturated heterocycles. The maximum Gasteiger partial charge on any atom is 0.224 e. The van der Waals surface area contributed by atoms with E-state index >= 15 is 0 Å². The van der Waals surface area contributed by atoms with Crippen LogP contribution in [0.25, 0.3) is 11.0 Å². The number of amides is 1. The summed E-state index contributed by atoms with van der Waals surface area (Å²) in [6.07, 6.45) is 5.58. The molecule has 0 spiro atoms. The average molecular weight is 426 g/mol. The van der Waals surface area contributed by atoms with Gasteiger partial charge in [-0.1, -0.05) is 62.2 Å². The fourth-order valence-electron chi connectivity index (χ4n) is 3.64. The number of rotatable bonds is 11. The quantitative estimate of drug-likeness (QED) is 0.394. The molecule has 4 nitrogen and oxygen atoms in total. The van der Waals surface area contributed by atoms with Crippen molar-refractivity contribution in [2.75, 3.05) is 6.54 Å². The number of hydrogen-bond acceptors (Lipinski definition) is 2. The lowest BCUT2D eigenvalue weighted by Gasteiger charge is -2.11. The van der Waals surface area contributed by atoms with Gasteiger partial charge in [0.05, 0.1) is 17.5 Å². The topological polar surface area (TPSA) is 46.9 Å². The van der Waals surface area contributed by atoms with Gasteiger partial charge in [0, 0.05) is 24.5 Å². The molecule has 2 aromatic carbocycles. The molecule has 3 rings (SSSR count). The van der Waals surface area contributed by atoms with Crippen LogP contribution in [0.15, 0.2) is 48.5 Å². The van der Waals surface area contributed by atoms with Gasteiger partial charge in [0.15, 0.2) is 0 Å². The first-order valence-corrected chi connectivity index (χ1v) is 11.4. The van der Waals surface area contributed by atoms with Crippen molar-refractivity contribution in [1.29, 1.82) is 0 Å². The Kier molecular flexibility index (Phi) is 8.32. The smallest absolute Gasteiger partial charge is 0.224 e. The van der Waals surface area contributed by atoms with Crippen LogP contribution in [0.1, 0.15) is 50.9 Å². The van der Waals surface area contributed by atoms with Gasteiger partial charge >= 0.3 is 0 Å². The van der Waals surface area contributed by atoms with E-state index in [9.17, 15) is 4.79 Å². The van der Waals surface area contributed by atoms with Crippen molar-refractivity contribution in [3.63, 3.8) is 0 Å². The van der Waals surface area contributed by atoms with Crippen LogP contribution in [0.4, 0.5) is 0 Å². The van der Waals surface area contributed by atoms with E-state index in [4.69, 9.17) is 16.6 Å². The number of nitrogens with one attached hydrogen (secondary N) is 1. The Balaban J connectivity index is 1.43. The zero-order valence-electron chi connectivity index (χ0n) is 18.0. The summed E-state index contributed by atoms with van der Waals surface area (Å²) in [6, 6.07) is 15.9. The highest BCUT2D eigenvalue weighted by Gasteiger charge is 2.11. The van der Waals surface area contributed by atoms with Crippen LogP contribution in [0.5, 0.6) is 0 Å². The number of hydrogen-bond donors (Lipinski definition) is 1. The predicted octanol–water partition coefficient (Wildman–Crippen LogP) is 5.81. The fraction of sp³-hybridized carbons (Fsp3) is 0.440. The van der Waals surface area contributed by atoms with Gasteiger partial charge in [0.25, 0.3) is 0 Å². The summed E-state index contributed by atoms with van der Waals surface area (Å²) in [6.45, 7) is 6.25. The second-order valence-electron chi connectivity index (χ2n) is 8.28. The molecule has 0 radical (unpaired) electrons. The van der Waals surface area contributed by atoms with Crippen LogP contribution < -0.4 is 5.32 Å². The molecule has 0 aliphatic heterocycles. The molecule has 0 saturated carbocycles. The fourth-order valence-corrected chi connectivity index (χ4v) is 3.85. The first-order valence-electron chi connectivity index (χ1n) is 11.0. The molecular formula is C25H32ClN3O. The van der Waals surface area contributed by atoms with Crippen molar-refractivity contribution in [3.05, 3.63) is 64.9 Å². The van der Waals surface area contributed by atoms with Crippen LogP contribution >= 0.6 is 11.6 Å². The van der Waals surface area contributed by atoms with E-state index in [-0.39, 0.29) is 5.91 Å². The van der Waals surface area contributed by atoms with Crippen LogP contribution in [0, 0.1) is 5.92 Å². The normalized spacial score (nSPS) is 11.3. The standard InChI is InChI=1S/C25H32ClN3O/c1-19(2)15-17-29-23-13-8-7-12-22(23)28-24(29)14-4-3-9-16-27-25(30)18-20-10-5-6-11-21(20)26/h5-8,10-13,19H,3-4,9,14-18H2,1-2H3,(H,27,30). The van der Waals surface area contributed by atoms with Gasteiger partial charge in [-0.2, -0.15) is 0 Å². The molecule has 5 heteroatoms. The molecule has 160 valence electrons. The van der Waals surface area contributed by atoms with Gasteiger partial charge in [-0.05, 0) is 48.9 Å². The number of aromatic nitrogens is 2. The number of carbonyl (C=O) groups is 1. The summed E-state index contributed by atoms with van der Waals surface area (Å²) in [5.74, 6) is 1.88. The highest BCUT2D eigenvalue weighted by atomic mass is 35.5. The number of nitrogens with zero attached hydrogens (tertiary/aromatic N) is 2. The summed E-state index contributed by atoms with van der Waals surface area (Å²) < 4.78 is 2.39. The third-order valence-electron chi connectivity index (χ3n) is 5.37. The van der Waals surface area contributed by atoms with Crippen molar-refractivity contribution in [2.24, 2.45) is 5.92 Å². The molecule has 3 aromatic rings. The summed E-state index contributed by atoms with van der Waals surface area (Å²) in [5, 5.41) is 3.65. The van der Waals surface area contributed by atoms with Crippen LogP contribution in [0.2, 0.25) is 5.02 Å². The van der Waals surface area contributed by atoms with E-state index in [1.54, 1.807) is 0 Å². The number of aryl methyl sites for hydroxylation is 2. The number of benzene rings is 2. The molecular weight excluding hydrogens is 394 g/mol. The van der Waals surface area contributed by atoms with Crippen molar-refractivity contribution >= 4 is 28.5 Å². The van der Waals surface area contributed by atoms with Gasteiger partial charge in [-0.15, -0.1) is 0 Å². The highest BCUT2D eigenvalue weighted by molar-refractivity contribution is 6.31. The highest BCUT2D eigenvalue weighted by Crippen LogP contribution is 2.19. The van der Waals surface area contributed by atoms with Crippen LogP contribution in [-0.2, 0) is 24.2 Å². The molecule has 0 aliphatic rings. The number of carbonyl (C=O) groups excluding carboxylic acids is 1. The summed E-state index contributed by atoms with van der Waals surface area (Å²) in [5.41, 5.74) is 3.19. The largest absolute Gasteiger partial charge is 0.356 e. The average Bonchev–Trinajstić information content (AvgIpc) is 3.08. The maximum absolute atomic E-state index is 12.1. The van der Waals surface area contributed by atoms with E-state index in [0.29, 0.717) is 23.9 Å². The Hall–Kier alpha value is -2.33. The van der Waals surface area contributed by atoms with Crippen molar-refractivity contribution < 1.29 is 4.79 Å². The second kappa shape index (κ2) is 11.2. The maximum atomic E-state index is 12.1. The number of imidazole rings is 1. The van der Waals surface area contributed by atoms with Crippen LogP contribution in [0.3, 0.4) is 0 Å². The van der Waals surface area contributed by atoms with E-state index in [2.05, 4.69) is 48.0 Å². The van der Waals surface area contributed by atoms with Crippen molar-refractivity contribution in [2.45, 2.75) is 58.9 Å². The molecule has 30 heavy (non-hydrogen) atoms. The predicted molar refractivity (Wildman–Crippen MR) is 125 cm³/mol. The molecule has 0 bridgehead atoms. The first kappa shape index (κ1) is 22.4. The summed E-state index contributed by atoms with van der Waals surface area (Å²) in [4.78, 5) is 17.0. The second-order valence-corrected chi connectivity index (χ2v) is 8.69. The monoisotopic (exact) mass is 425 g/mol. The Labute approximate surface area is 184 Å². The SMILES string of the molecule is CC(C)CCn1c(CCCCCNC(=O)Cc2ccccc2Cl)nc2ccccc21. The number of unbranched alkanes of at least 4 members (excludes halogenated alkanes) is 2. The van der Waals surface area contributed by atoms with Gasteiger partial charge < -0.3 is 9.88 Å². The summed E-state index contributed by atoms with van der Waals surface area (Å²) in [7, 11) is 0. The molecule has 1 N–H and O–H groups in total. The Morgan fingerprint density at radius 1 is 1.07 bits per heavy atom. The van der Waals surface area contributed by atoms with Crippen LogP contribution in [-0.4, -0.2) is 22.0 Å². The molecule has 0 fully saturated rings. The van der Waals surface area contributed by atoms with E-state index in [1.165, 1.54) is 11.3 Å². The minimum atomic E-state index is 0.0265. The zero-order valence-corrected chi connectivity index (χ0v) is 18.8. The van der Waals surface area contributed by atoms with Crippen molar-refractivity contribution in [1.82, 2.24) is 14.9 Å². The molecule has 0 atom stereocenters. The minimum Gasteiger partial charge on any atom is -0.356 e. The first-order chi connectivity index (χ1) is 14.5. The number of halogens is 1. The Morgan fingerprint density at radius 2 is 1.83 bits per heavy atom. The Morgan fingerprint density at radius 3 is 2.63 bits per heavy atom. The lowest BCUT2D eigenvalue weighted by molar-refractivity contribution is -0.120. The van der Waals surface area contributed by atoms with Gasteiger partial charge in [0.2, 0.25) is 5.91 Å². The van der Waals surface area contributed by atoms with E-state index in [0.717, 1.165) is 49.7 Å². The number of fused-ring (bicyclic) bond motifs is 1. The lowest BCUT2D eigenvalue weighted by atomic mass is 10.1. The molecule has 0 aliphatic carbocycles. The van der Waals surface area contributed by atoms with Gasteiger partial charge in [-0.25, -0.2) is 4.98 Å². The molecule has 1 amide bonds. The van der Waals surface area contributed by atoms with Gasteiger partial charge in [0.1, 0.15) is 5.82 Å². The molecule has 1 aromatic heterocycles. The summed E-state index contributed by atoms with van der Waals surface area (Å²) >= 11 is 6.12. The molecule has 1 heterocycles. The Bertz CT molecular complexity index is 964.